The van der Waals surface area contributed by atoms with Crippen molar-refractivity contribution in [3.8, 4) is 0 Å². The molecule has 0 saturated carbocycles. The quantitative estimate of drug-likeness (QED) is 0.584. The van der Waals surface area contributed by atoms with Gasteiger partial charge >= 0.3 is 6.08 Å². The lowest BCUT2D eigenvalue weighted by molar-refractivity contribution is 0.521. The molecule has 3 rings (SSSR count). The molecular weight excluding hydrogens is 349 g/mol. The summed E-state index contributed by atoms with van der Waals surface area (Å²) in [5.74, 6) is 5.58. The summed E-state index contributed by atoms with van der Waals surface area (Å²) in [7, 11) is 0. The van der Waals surface area contributed by atoms with E-state index in [4.69, 9.17) is 0 Å². The van der Waals surface area contributed by atoms with Gasteiger partial charge in [0.1, 0.15) is 46.6 Å². The average molecular weight is 373 g/mol. The van der Waals surface area contributed by atoms with Crippen LogP contribution in [0.3, 0.4) is 0 Å². The first-order valence-electron chi connectivity index (χ1n) is 8.21. The Kier molecular flexibility index (Phi) is 8.31. The van der Waals surface area contributed by atoms with E-state index in [0.29, 0.717) is 11.6 Å². The molecule has 0 fully saturated rings. The van der Waals surface area contributed by atoms with E-state index in [2.05, 4.69) is 44.9 Å². The lowest BCUT2D eigenvalue weighted by Gasteiger charge is -1.94. The number of rotatable bonds is 0. The van der Waals surface area contributed by atoms with Gasteiger partial charge in [-0.2, -0.15) is 14.4 Å². The van der Waals surface area contributed by atoms with Crippen LogP contribution >= 0.6 is 0 Å². The minimum atomic E-state index is -0.708. The van der Waals surface area contributed by atoms with Gasteiger partial charge in [0.05, 0.1) is 0 Å². The molecule has 0 radical (unpaired) electrons. The second-order valence-corrected chi connectivity index (χ2v) is 5.65. The van der Waals surface area contributed by atoms with Crippen LogP contribution in [-0.4, -0.2) is 44.9 Å². The van der Waals surface area contributed by atoms with Gasteiger partial charge in [0.15, 0.2) is 0 Å². The highest BCUT2D eigenvalue weighted by Crippen LogP contribution is 1.91. The number of halogens is 1. The van der Waals surface area contributed by atoms with Gasteiger partial charge in [0, 0.05) is 0 Å². The predicted molar refractivity (Wildman–Crippen MR) is 97.3 cm³/mol. The molecule has 3 aromatic heterocycles. The molecule has 0 saturated heterocycles. The van der Waals surface area contributed by atoms with Gasteiger partial charge in [-0.25, -0.2) is 34.9 Å². The first-order chi connectivity index (χ1) is 12.5. The summed E-state index contributed by atoms with van der Waals surface area (Å²) in [6, 6.07) is 0. The molecule has 0 atom stereocenters. The number of hydrogen-bond acceptors (Lipinski definition) is 9. The molecule has 0 aliphatic heterocycles. The zero-order chi connectivity index (χ0) is 20.6. The van der Waals surface area contributed by atoms with Crippen LogP contribution in [0.2, 0.25) is 0 Å². The van der Waals surface area contributed by atoms with Gasteiger partial charge in [0.25, 0.3) is 0 Å². The molecule has 0 aliphatic rings. The molecular formula is C17H24FN9. The summed E-state index contributed by atoms with van der Waals surface area (Å²) in [4.78, 5) is 34.5. The normalized spacial score (nSPS) is 9.67. The van der Waals surface area contributed by atoms with Crippen molar-refractivity contribution in [2.24, 2.45) is 0 Å². The zero-order valence-electron chi connectivity index (χ0n) is 16.9. The van der Waals surface area contributed by atoms with E-state index in [1.54, 1.807) is 13.8 Å². The maximum Gasteiger partial charge on any atom is 0.312 e. The van der Waals surface area contributed by atoms with Crippen LogP contribution in [0.15, 0.2) is 0 Å². The number of nitrogens with zero attached hydrogens (tertiary/aromatic N) is 9. The van der Waals surface area contributed by atoms with Crippen LogP contribution in [0, 0.1) is 61.5 Å². The van der Waals surface area contributed by atoms with Crippen molar-refractivity contribution in [1.29, 1.82) is 0 Å². The molecule has 0 aromatic carbocycles. The van der Waals surface area contributed by atoms with Crippen molar-refractivity contribution in [2.45, 2.75) is 55.4 Å². The fraction of sp³-hybridized carbons (Fsp3) is 0.471. The van der Waals surface area contributed by atoms with E-state index >= 15 is 0 Å². The average Bonchev–Trinajstić information content (AvgIpc) is 2.43. The minimum absolute atomic E-state index is 0.417. The molecule has 0 bridgehead atoms. The molecule has 0 spiro atoms. The Morgan fingerprint density at radius 1 is 0.333 bits per heavy atom. The summed E-state index contributed by atoms with van der Waals surface area (Å²) >= 11 is 0. The van der Waals surface area contributed by atoms with Crippen LogP contribution < -0.4 is 0 Å². The Morgan fingerprint density at radius 3 is 0.630 bits per heavy atom. The van der Waals surface area contributed by atoms with Gasteiger partial charge in [-0.1, -0.05) is 0 Å². The van der Waals surface area contributed by atoms with Crippen LogP contribution in [0.4, 0.5) is 4.39 Å². The van der Waals surface area contributed by atoms with Gasteiger partial charge in [-0.15, -0.1) is 0 Å². The summed E-state index contributed by atoms with van der Waals surface area (Å²) in [5.41, 5.74) is 0. The molecule has 0 amide bonds. The number of aryl methyl sites for hydroxylation is 8. The van der Waals surface area contributed by atoms with Gasteiger partial charge in [-0.3, -0.25) is 0 Å². The second kappa shape index (κ2) is 10.2. The van der Waals surface area contributed by atoms with Crippen molar-refractivity contribution < 1.29 is 4.39 Å². The Morgan fingerprint density at radius 2 is 0.481 bits per heavy atom. The molecule has 0 N–H and O–H groups in total. The van der Waals surface area contributed by atoms with Crippen LogP contribution in [-0.2, 0) is 0 Å². The third-order valence-corrected chi connectivity index (χ3v) is 2.77. The van der Waals surface area contributed by atoms with Crippen molar-refractivity contribution in [3.63, 3.8) is 0 Å². The summed E-state index contributed by atoms with van der Waals surface area (Å²) in [6.07, 6.45) is -0.708. The lowest BCUT2D eigenvalue weighted by Crippen LogP contribution is -1.98. The van der Waals surface area contributed by atoms with Crippen molar-refractivity contribution in [1.82, 2.24) is 44.9 Å². The third-order valence-electron chi connectivity index (χ3n) is 2.77. The maximum absolute atomic E-state index is 12.2. The highest BCUT2D eigenvalue weighted by molar-refractivity contribution is 4.92. The summed E-state index contributed by atoms with van der Waals surface area (Å²) in [5, 5.41) is 0. The van der Waals surface area contributed by atoms with Crippen LogP contribution in [0.1, 0.15) is 46.6 Å². The topological polar surface area (TPSA) is 116 Å². The fourth-order valence-corrected chi connectivity index (χ4v) is 2.13. The van der Waals surface area contributed by atoms with E-state index in [1.807, 2.05) is 41.5 Å². The summed E-state index contributed by atoms with van der Waals surface area (Å²) in [6.45, 7) is 14.4. The molecule has 0 unspecified atom stereocenters. The minimum Gasteiger partial charge on any atom is -0.219 e. The SMILES string of the molecule is Cc1nc(C)nc(C)n1.Cc1nc(C)nc(C)n1.Cc1nc(C)nc(F)n1. The molecule has 27 heavy (non-hydrogen) atoms. The van der Waals surface area contributed by atoms with E-state index in [0.717, 1.165) is 34.9 Å². The molecule has 144 valence electrons. The van der Waals surface area contributed by atoms with Gasteiger partial charge in [0.2, 0.25) is 0 Å². The van der Waals surface area contributed by atoms with Gasteiger partial charge in [-0.05, 0) is 55.4 Å². The van der Waals surface area contributed by atoms with Crippen LogP contribution in [0.5, 0.6) is 0 Å². The van der Waals surface area contributed by atoms with Crippen molar-refractivity contribution >= 4 is 0 Å². The molecule has 10 heteroatoms. The largest absolute Gasteiger partial charge is 0.312 e. The highest BCUT2D eigenvalue weighted by atomic mass is 19.1. The Balaban J connectivity index is 0.000000202. The Bertz CT molecular complexity index is 630. The van der Waals surface area contributed by atoms with E-state index in [-0.39, 0.29) is 0 Å². The zero-order valence-corrected chi connectivity index (χ0v) is 16.9. The van der Waals surface area contributed by atoms with Crippen LogP contribution in [0.25, 0.3) is 0 Å². The molecule has 9 nitrogen and oxygen atoms in total. The van der Waals surface area contributed by atoms with Gasteiger partial charge < -0.3 is 0 Å². The molecule has 0 aliphatic carbocycles. The number of hydrogen-bond donors (Lipinski definition) is 0. The standard InChI is InChI=1S/2C6H9N3.C5H6FN3/c2*1-4-7-5(2)9-6(3)8-4;1-3-7-4(2)9-5(6)8-3/h2*1-3H3;1-2H3. The highest BCUT2D eigenvalue weighted by Gasteiger charge is 1.95. The van der Waals surface area contributed by atoms with E-state index in [9.17, 15) is 4.39 Å². The Hall–Kier alpha value is -3.04. The monoisotopic (exact) mass is 373 g/mol. The second-order valence-electron chi connectivity index (χ2n) is 5.65. The smallest absolute Gasteiger partial charge is 0.219 e. The molecule has 3 heterocycles. The summed E-state index contributed by atoms with van der Waals surface area (Å²) < 4.78 is 12.2. The Labute approximate surface area is 158 Å². The number of aromatic nitrogens is 9. The first-order valence-corrected chi connectivity index (χ1v) is 8.21. The van der Waals surface area contributed by atoms with Crippen molar-refractivity contribution in [2.75, 3.05) is 0 Å². The van der Waals surface area contributed by atoms with E-state index < -0.39 is 6.08 Å². The fourth-order valence-electron chi connectivity index (χ4n) is 2.13. The molecule has 3 aromatic rings. The maximum atomic E-state index is 12.2. The lowest BCUT2D eigenvalue weighted by atomic mass is 10.6. The van der Waals surface area contributed by atoms with Crippen molar-refractivity contribution in [3.05, 3.63) is 52.7 Å². The predicted octanol–water partition coefficient (Wildman–Crippen LogP) is 2.22. The van der Waals surface area contributed by atoms with E-state index in [1.165, 1.54) is 0 Å². The first kappa shape index (κ1) is 22.0. The third kappa shape index (κ3) is 9.28.